The lowest BCUT2D eigenvalue weighted by atomic mass is 10.00. The molecular weight excluding hydrogens is 278 g/mol. The molecule has 1 rings (SSSR count). The molecule has 0 aromatic heterocycles. The van der Waals surface area contributed by atoms with E-state index in [9.17, 15) is 14.4 Å². The van der Waals surface area contributed by atoms with Crippen molar-refractivity contribution in [3.63, 3.8) is 0 Å². The second kappa shape index (κ2) is 5.91. The van der Waals surface area contributed by atoms with E-state index in [2.05, 4.69) is 5.32 Å². The van der Waals surface area contributed by atoms with Gasteiger partial charge in [-0.05, 0) is 34.1 Å². The fourth-order valence-corrected chi connectivity index (χ4v) is 1.86. The molecule has 1 heterocycles. The summed E-state index contributed by atoms with van der Waals surface area (Å²) in [5.74, 6) is -3.57. The molecule has 7 nitrogen and oxygen atoms in total. The zero-order chi connectivity index (χ0) is 16.4. The van der Waals surface area contributed by atoms with Gasteiger partial charge in [-0.25, -0.2) is 4.79 Å². The second-order valence-electron chi connectivity index (χ2n) is 6.58. The molecular formula is C14H23NO6. The quantitative estimate of drug-likeness (QED) is 0.630. The van der Waals surface area contributed by atoms with Gasteiger partial charge in [0.15, 0.2) is 5.92 Å². The van der Waals surface area contributed by atoms with Crippen molar-refractivity contribution >= 4 is 18.0 Å². The van der Waals surface area contributed by atoms with Crippen molar-refractivity contribution in [1.29, 1.82) is 0 Å². The monoisotopic (exact) mass is 301 g/mol. The summed E-state index contributed by atoms with van der Waals surface area (Å²) in [7, 11) is 0. The Kier molecular flexibility index (Phi) is 4.86. The topological polar surface area (TPSA) is 90.9 Å². The number of rotatable bonds is 3. The smallest absolute Gasteiger partial charge is 0.407 e. The molecule has 0 radical (unpaired) electrons. The van der Waals surface area contributed by atoms with E-state index in [0.717, 1.165) is 0 Å². The van der Waals surface area contributed by atoms with Crippen LogP contribution in [0.15, 0.2) is 0 Å². The Hall–Kier alpha value is -1.79. The number of ether oxygens (including phenoxy) is 3. The van der Waals surface area contributed by atoms with Gasteiger partial charge in [-0.15, -0.1) is 0 Å². The van der Waals surface area contributed by atoms with Gasteiger partial charge in [-0.3, -0.25) is 9.59 Å². The highest BCUT2D eigenvalue weighted by molar-refractivity contribution is 5.96. The first-order valence-electron chi connectivity index (χ1n) is 6.85. The van der Waals surface area contributed by atoms with Crippen LogP contribution in [0.4, 0.5) is 4.79 Å². The molecule has 1 saturated heterocycles. The van der Waals surface area contributed by atoms with Crippen molar-refractivity contribution in [3.05, 3.63) is 0 Å². The predicted molar refractivity (Wildman–Crippen MR) is 73.2 cm³/mol. The number of carbonyl (C=O) groups is 3. The molecule has 0 unspecified atom stereocenters. The van der Waals surface area contributed by atoms with Crippen LogP contribution in [0.1, 0.15) is 48.0 Å². The van der Waals surface area contributed by atoms with Gasteiger partial charge in [0.25, 0.3) is 5.79 Å². The molecule has 1 fully saturated rings. The SMILES string of the molecule is C[C@H](CC1C(=O)OC(C)(C)OC1=O)NC(=O)OC(C)(C)C. The molecule has 1 amide bonds. The minimum Gasteiger partial charge on any atom is -0.444 e. The largest absolute Gasteiger partial charge is 0.444 e. The lowest BCUT2D eigenvalue weighted by molar-refractivity contribution is -0.240. The highest BCUT2D eigenvalue weighted by Crippen LogP contribution is 2.25. The van der Waals surface area contributed by atoms with Crippen LogP contribution in [0.25, 0.3) is 0 Å². The summed E-state index contributed by atoms with van der Waals surface area (Å²) in [6.07, 6.45) is -0.514. The normalized spacial score (nSPS) is 20.3. The van der Waals surface area contributed by atoms with Gasteiger partial charge < -0.3 is 19.5 Å². The van der Waals surface area contributed by atoms with E-state index in [-0.39, 0.29) is 6.42 Å². The molecule has 0 aromatic carbocycles. The number of hydrogen-bond donors (Lipinski definition) is 1. The molecule has 1 N–H and O–H groups in total. The summed E-state index contributed by atoms with van der Waals surface area (Å²) in [6, 6.07) is -0.439. The summed E-state index contributed by atoms with van der Waals surface area (Å²) < 4.78 is 15.1. The first-order valence-corrected chi connectivity index (χ1v) is 6.85. The van der Waals surface area contributed by atoms with Gasteiger partial charge in [-0.1, -0.05) is 0 Å². The number of esters is 2. The zero-order valence-corrected chi connectivity index (χ0v) is 13.3. The molecule has 0 aliphatic carbocycles. The van der Waals surface area contributed by atoms with Crippen LogP contribution in [0, 0.1) is 5.92 Å². The lowest BCUT2D eigenvalue weighted by Gasteiger charge is -2.33. The number of carbonyl (C=O) groups excluding carboxylic acids is 3. The van der Waals surface area contributed by atoms with Crippen molar-refractivity contribution in [3.8, 4) is 0 Å². The van der Waals surface area contributed by atoms with Crippen LogP contribution in [0.5, 0.6) is 0 Å². The standard InChI is InChI=1S/C14H23NO6/c1-8(15-12(18)21-13(2,3)4)7-9-10(16)19-14(5,6)20-11(9)17/h8-9H,7H2,1-6H3,(H,15,18)/t8-/m1/s1. The van der Waals surface area contributed by atoms with Crippen molar-refractivity contribution in [2.24, 2.45) is 5.92 Å². The summed E-state index contributed by atoms with van der Waals surface area (Å²) >= 11 is 0. The van der Waals surface area contributed by atoms with E-state index in [1.54, 1.807) is 27.7 Å². The fourth-order valence-electron chi connectivity index (χ4n) is 1.86. The van der Waals surface area contributed by atoms with Crippen molar-refractivity contribution < 1.29 is 28.6 Å². The van der Waals surface area contributed by atoms with Gasteiger partial charge in [0, 0.05) is 19.9 Å². The highest BCUT2D eigenvalue weighted by atomic mass is 16.7. The predicted octanol–water partition coefficient (Wildman–Crippen LogP) is 1.74. The van der Waals surface area contributed by atoms with E-state index in [4.69, 9.17) is 14.2 Å². The average molecular weight is 301 g/mol. The molecule has 1 atom stereocenters. The summed E-state index contributed by atoms with van der Waals surface area (Å²) in [4.78, 5) is 35.2. The number of nitrogens with one attached hydrogen (secondary N) is 1. The number of amides is 1. The molecule has 7 heteroatoms. The zero-order valence-electron chi connectivity index (χ0n) is 13.3. The molecule has 1 aliphatic heterocycles. The van der Waals surface area contributed by atoms with Crippen LogP contribution in [-0.4, -0.2) is 35.5 Å². The van der Waals surface area contributed by atoms with E-state index in [1.807, 2.05) is 0 Å². The Labute approximate surface area is 124 Å². The summed E-state index contributed by atoms with van der Waals surface area (Å²) in [6.45, 7) is 9.88. The first-order chi connectivity index (χ1) is 9.39. The minimum atomic E-state index is -1.24. The molecule has 0 saturated carbocycles. The number of hydrogen-bond acceptors (Lipinski definition) is 6. The van der Waals surface area contributed by atoms with E-state index < -0.39 is 41.4 Å². The minimum absolute atomic E-state index is 0.0903. The molecule has 21 heavy (non-hydrogen) atoms. The van der Waals surface area contributed by atoms with Crippen LogP contribution >= 0.6 is 0 Å². The van der Waals surface area contributed by atoms with Crippen molar-refractivity contribution in [2.75, 3.05) is 0 Å². The van der Waals surface area contributed by atoms with Crippen LogP contribution in [-0.2, 0) is 23.8 Å². The Morgan fingerprint density at radius 2 is 1.76 bits per heavy atom. The Bertz CT molecular complexity index is 417. The lowest BCUT2D eigenvalue weighted by Crippen LogP contribution is -2.48. The van der Waals surface area contributed by atoms with Gasteiger partial charge >= 0.3 is 18.0 Å². The Morgan fingerprint density at radius 1 is 1.29 bits per heavy atom. The van der Waals surface area contributed by atoms with Gasteiger partial charge in [0.05, 0.1) is 0 Å². The summed E-state index contributed by atoms with van der Waals surface area (Å²) in [5, 5.41) is 2.57. The third kappa shape index (κ3) is 5.61. The van der Waals surface area contributed by atoms with Gasteiger partial charge in [0.1, 0.15) is 5.60 Å². The first kappa shape index (κ1) is 17.3. The maximum atomic E-state index is 11.8. The van der Waals surface area contributed by atoms with Gasteiger partial charge in [-0.2, -0.15) is 0 Å². The Morgan fingerprint density at radius 3 is 2.19 bits per heavy atom. The van der Waals surface area contributed by atoms with Crippen molar-refractivity contribution in [2.45, 2.75) is 65.4 Å². The summed E-state index contributed by atoms with van der Waals surface area (Å²) in [5.41, 5.74) is -0.615. The Balaban J connectivity index is 2.55. The maximum absolute atomic E-state index is 11.8. The maximum Gasteiger partial charge on any atom is 0.407 e. The highest BCUT2D eigenvalue weighted by Gasteiger charge is 2.43. The number of alkyl carbamates (subject to hydrolysis) is 1. The number of cyclic esters (lactones) is 2. The van der Waals surface area contributed by atoms with Crippen LogP contribution in [0.3, 0.4) is 0 Å². The van der Waals surface area contributed by atoms with E-state index >= 15 is 0 Å². The molecule has 0 bridgehead atoms. The van der Waals surface area contributed by atoms with E-state index in [0.29, 0.717) is 0 Å². The van der Waals surface area contributed by atoms with Crippen LogP contribution in [0.2, 0.25) is 0 Å². The molecule has 1 aliphatic rings. The van der Waals surface area contributed by atoms with Crippen LogP contribution < -0.4 is 5.32 Å². The van der Waals surface area contributed by atoms with Gasteiger partial charge in [0.2, 0.25) is 0 Å². The molecule has 120 valence electrons. The second-order valence-corrected chi connectivity index (χ2v) is 6.58. The van der Waals surface area contributed by atoms with Crippen molar-refractivity contribution in [1.82, 2.24) is 5.32 Å². The molecule has 0 aromatic rings. The average Bonchev–Trinajstić information content (AvgIpc) is 2.18. The van der Waals surface area contributed by atoms with E-state index in [1.165, 1.54) is 13.8 Å². The fraction of sp³-hybridized carbons (Fsp3) is 0.786. The third-order valence-electron chi connectivity index (χ3n) is 2.61. The third-order valence-corrected chi connectivity index (χ3v) is 2.61. The molecule has 0 spiro atoms.